The predicted molar refractivity (Wildman–Crippen MR) is 104 cm³/mol. The smallest absolute Gasteiger partial charge is 0.246 e. The van der Waals surface area contributed by atoms with Crippen LogP contribution in [0.2, 0.25) is 0 Å². The number of nitrogens with zero attached hydrogens (tertiary/aromatic N) is 4. The molecule has 150 valence electrons. The third-order valence-corrected chi connectivity index (χ3v) is 6.51. The van der Waals surface area contributed by atoms with Crippen LogP contribution in [0.4, 0.5) is 27.5 Å². The van der Waals surface area contributed by atoms with Crippen molar-refractivity contribution in [3.63, 3.8) is 0 Å². The molecular formula is C20H20FN5O3. The second kappa shape index (κ2) is 5.28. The molecule has 0 atom stereocenters. The predicted octanol–water partition coefficient (Wildman–Crippen LogP) is 2.68. The lowest BCUT2D eigenvalue weighted by Gasteiger charge is -2.70. The molecule has 1 aromatic heterocycles. The number of anilines is 4. The Morgan fingerprint density at radius 1 is 1.21 bits per heavy atom. The Kier molecular flexibility index (Phi) is 3.06. The molecule has 8 nitrogen and oxygen atoms in total. The summed E-state index contributed by atoms with van der Waals surface area (Å²) in [5.41, 5.74) is 1.09. The largest absolute Gasteiger partial charge is 0.454 e. The summed E-state index contributed by atoms with van der Waals surface area (Å²) in [5.74, 6) is 2.44. The molecule has 2 aliphatic heterocycles. The molecule has 1 N–H and O–H groups in total. The lowest BCUT2D eigenvalue weighted by Crippen LogP contribution is -2.78. The van der Waals surface area contributed by atoms with Crippen LogP contribution in [0.25, 0.3) is 0 Å². The average molecular weight is 397 g/mol. The molecular weight excluding hydrogens is 377 g/mol. The number of fused-ring (bicyclic) bond motifs is 2. The number of nitrogens with one attached hydrogen (secondary N) is 1. The van der Waals surface area contributed by atoms with E-state index in [1.807, 2.05) is 24.0 Å². The number of ether oxygens (including phenoxy) is 2. The van der Waals surface area contributed by atoms with E-state index in [-0.39, 0.29) is 24.8 Å². The van der Waals surface area contributed by atoms with Crippen LogP contribution in [0.3, 0.4) is 0 Å². The van der Waals surface area contributed by atoms with E-state index in [2.05, 4.69) is 10.3 Å². The van der Waals surface area contributed by atoms with Crippen LogP contribution in [0, 0.1) is 6.92 Å². The Morgan fingerprint density at radius 3 is 2.66 bits per heavy atom. The minimum absolute atomic E-state index is 0.0361. The van der Waals surface area contributed by atoms with Gasteiger partial charge in [-0.15, -0.1) is 0 Å². The van der Waals surface area contributed by atoms with Crippen molar-refractivity contribution >= 4 is 29.0 Å². The number of amides is 1. The van der Waals surface area contributed by atoms with Crippen molar-refractivity contribution < 1.29 is 18.7 Å². The van der Waals surface area contributed by atoms with Gasteiger partial charge < -0.3 is 24.6 Å². The van der Waals surface area contributed by atoms with Gasteiger partial charge in [0.15, 0.2) is 17.3 Å². The van der Waals surface area contributed by atoms with E-state index in [1.165, 1.54) is 0 Å². The van der Waals surface area contributed by atoms with Crippen molar-refractivity contribution in [3.8, 4) is 11.5 Å². The van der Waals surface area contributed by atoms with Gasteiger partial charge in [-0.1, -0.05) is 0 Å². The van der Waals surface area contributed by atoms with Crippen LogP contribution >= 0.6 is 0 Å². The summed E-state index contributed by atoms with van der Waals surface area (Å²) in [6, 6.07) is 3.77. The van der Waals surface area contributed by atoms with Gasteiger partial charge in [0.05, 0.1) is 18.3 Å². The molecule has 5 aliphatic rings. The number of aromatic nitrogens is 2. The van der Waals surface area contributed by atoms with E-state index < -0.39 is 5.67 Å². The number of halogens is 1. The molecule has 0 spiro atoms. The van der Waals surface area contributed by atoms with Gasteiger partial charge in [0.1, 0.15) is 11.4 Å². The molecule has 2 bridgehead atoms. The van der Waals surface area contributed by atoms with Gasteiger partial charge >= 0.3 is 0 Å². The second-order valence-electron chi connectivity index (χ2n) is 8.49. The molecule has 9 heteroatoms. The van der Waals surface area contributed by atoms with Gasteiger partial charge in [-0.25, -0.2) is 9.37 Å². The second-order valence-corrected chi connectivity index (χ2v) is 8.49. The maximum Gasteiger partial charge on any atom is 0.246 e. The van der Waals surface area contributed by atoms with E-state index in [9.17, 15) is 9.18 Å². The average Bonchev–Trinajstić information content (AvgIpc) is 3.09. The van der Waals surface area contributed by atoms with Crippen LogP contribution < -0.4 is 24.6 Å². The van der Waals surface area contributed by atoms with Crippen molar-refractivity contribution in [2.75, 3.05) is 35.5 Å². The lowest BCUT2D eigenvalue weighted by molar-refractivity contribution is -0.155. The zero-order valence-corrected chi connectivity index (χ0v) is 16.2. The van der Waals surface area contributed by atoms with Gasteiger partial charge in [-0.2, -0.15) is 4.98 Å². The number of rotatable bonds is 3. The zero-order valence-electron chi connectivity index (χ0n) is 16.2. The van der Waals surface area contributed by atoms with E-state index >= 15 is 0 Å². The number of carbonyl (C=O) groups is 1. The van der Waals surface area contributed by atoms with Gasteiger partial charge in [0, 0.05) is 38.1 Å². The summed E-state index contributed by atoms with van der Waals surface area (Å²) in [6.07, 6.45) is 3.03. The molecule has 0 saturated heterocycles. The summed E-state index contributed by atoms with van der Waals surface area (Å²) in [6.45, 7) is 2.38. The van der Waals surface area contributed by atoms with Crippen LogP contribution in [0.15, 0.2) is 18.3 Å². The Labute approximate surface area is 166 Å². The van der Waals surface area contributed by atoms with Crippen LogP contribution in [-0.4, -0.2) is 47.5 Å². The fourth-order valence-corrected chi connectivity index (χ4v) is 4.90. The Balaban J connectivity index is 1.36. The van der Waals surface area contributed by atoms with E-state index in [4.69, 9.17) is 14.5 Å². The quantitative estimate of drug-likeness (QED) is 0.853. The molecule has 1 amide bonds. The first kappa shape index (κ1) is 16.8. The van der Waals surface area contributed by atoms with Crippen molar-refractivity contribution in [2.45, 2.75) is 37.4 Å². The number of alkyl halides is 1. The standard InChI is InChI=1S/C20H20FN5O3/c1-11-3-14-15(29-10-28-14)4-12(11)23-18-22-5-13-17(24-18)26(6-16(27)25(13)2)20-7-19(21,8-20)9-20/h3-5H,6-10H2,1-2H3,(H,22,23,24). The van der Waals surface area contributed by atoms with Gasteiger partial charge in [0.2, 0.25) is 18.6 Å². The van der Waals surface area contributed by atoms with Gasteiger partial charge in [-0.3, -0.25) is 4.79 Å². The Bertz CT molecular complexity index is 1050. The Morgan fingerprint density at radius 2 is 1.93 bits per heavy atom. The first-order valence-electron chi connectivity index (χ1n) is 9.63. The molecule has 0 unspecified atom stereocenters. The van der Waals surface area contributed by atoms with Crippen molar-refractivity contribution in [2.24, 2.45) is 0 Å². The van der Waals surface area contributed by atoms with Crippen molar-refractivity contribution in [1.29, 1.82) is 0 Å². The highest BCUT2D eigenvalue weighted by molar-refractivity contribution is 6.02. The van der Waals surface area contributed by atoms with E-state index in [0.29, 0.717) is 42.5 Å². The van der Waals surface area contributed by atoms with Crippen LogP contribution in [0.5, 0.6) is 11.5 Å². The van der Waals surface area contributed by atoms with Gasteiger partial charge in [0.25, 0.3) is 0 Å². The van der Waals surface area contributed by atoms with Crippen molar-refractivity contribution in [3.05, 3.63) is 23.9 Å². The minimum atomic E-state index is -1.05. The summed E-state index contributed by atoms with van der Waals surface area (Å²) in [7, 11) is 1.72. The molecule has 3 fully saturated rings. The summed E-state index contributed by atoms with van der Waals surface area (Å²) in [4.78, 5) is 25.1. The minimum Gasteiger partial charge on any atom is -0.454 e. The van der Waals surface area contributed by atoms with Crippen LogP contribution in [-0.2, 0) is 4.79 Å². The molecule has 3 saturated carbocycles. The number of hydrogen-bond donors (Lipinski definition) is 1. The molecule has 2 aromatic rings. The maximum absolute atomic E-state index is 14.2. The summed E-state index contributed by atoms with van der Waals surface area (Å²) < 4.78 is 25.0. The fraction of sp³-hybridized carbons (Fsp3) is 0.450. The molecule has 7 rings (SSSR count). The molecule has 3 heterocycles. The first-order chi connectivity index (χ1) is 13.9. The highest BCUT2D eigenvalue weighted by Crippen LogP contribution is 2.67. The number of likely N-dealkylation sites (N-methyl/N-ethyl adjacent to an activating group) is 1. The number of carbonyl (C=O) groups excluding carboxylic acids is 1. The van der Waals surface area contributed by atoms with E-state index in [0.717, 1.165) is 17.0 Å². The fourth-order valence-electron chi connectivity index (χ4n) is 4.90. The molecule has 29 heavy (non-hydrogen) atoms. The molecule has 3 aliphatic carbocycles. The highest BCUT2D eigenvalue weighted by atomic mass is 19.1. The first-order valence-corrected chi connectivity index (χ1v) is 9.63. The summed E-state index contributed by atoms with van der Waals surface area (Å²) >= 11 is 0. The lowest BCUT2D eigenvalue weighted by atomic mass is 9.46. The maximum atomic E-state index is 14.2. The SMILES string of the molecule is Cc1cc2c(cc1Nc1ncc3c(n1)N(C14CC(F)(C1)C4)CC(=O)N3C)OCO2. The monoisotopic (exact) mass is 397 g/mol. The number of benzene rings is 1. The van der Waals surface area contributed by atoms with Crippen LogP contribution in [0.1, 0.15) is 24.8 Å². The normalized spacial score (nSPS) is 28.6. The third kappa shape index (κ3) is 2.27. The number of hydrogen-bond acceptors (Lipinski definition) is 7. The Hall–Kier alpha value is -3.10. The third-order valence-electron chi connectivity index (χ3n) is 6.51. The molecule has 1 aromatic carbocycles. The number of aryl methyl sites for hydroxylation is 1. The van der Waals surface area contributed by atoms with Gasteiger partial charge in [-0.05, 0) is 18.6 Å². The summed E-state index contributed by atoms with van der Waals surface area (Å²) in [5, 5.41) is 3.24. The topological polar surface area (TPSA) is 79.8 Å². The zero-order chi connectivity index (χ0) is 20.0. The van der Waals surface area contributed by atoms with E-state index in [1.54, 1.807) is 18.1 Å². The van der Waals surface area contributed by atoms with Crippen molar-refractivity contribution in [1.82, 2.24) is 9.97 Å². The molecule has 0 radical (unpaired) electrons. The highest BCUT2D eigenvalue weighted by Gasteiger charge is 2.72.